The second-order valence-corrected chi connectivity index (χ2v) is 3.27. The standard InChI is InChI=1S/C10H16N2O2/c1-4-10(13)9-5-11-12(7-9)6-8(2)14-3/h5,7-8H,4,6H2,1-3H3. The van der Waals surface area contributed by atoms with Gasteiger partial charge >= 0.3 is 0 Å². The largest absolute Gasteiger partial charge is 0.380 e. The lowest BCUT2D eigenvalue weighted by atomic mass is 10.2. The summed E-state index contributed by atoms with van der Waals surface area (Å²) in [5.74, 6) is 0.126. The van der Waals surface area contributed by atoms with Gasteiger partial charge in [0, 0.05) is 19.7 Å². The zero-order chi connectivity index (χ0) is 10.6. The van der Waals surface area contributed by atoms with Crippen molar-refractivity contribution in [1.82, 2.24) is 9.78 Å². The van der Waals surface area contributed by atoms with Crippen molar-refractivity contribution in [3.63, 3.8) is 0 Å². The van der Waals surface area contributed by atoms with Crippen molar-refractivity contribution in [2.45, 2.75) is 32.9 Å². The van der Waals surface area contributed by atoms with Crippen molar-refractivity contribution < 1.29 is 9.53 Å². The predicted molar refractivity (Wildman–Crippen MR) is 53.3 cm³/mol. The van der Waals surface area contributed by atoms with Gasteiger partial charge in [-0.3, -0.25) is 9.48 Å². The number of methoxy groups -OCH3 is 1. The van der Waals surface area contributed by atoms with Crippen LogP contribution in [0.4, 0.5) is 0 Å². The first-order valence-corrected chi connectivity index (χ1v) is 4.75. The fraction of sp³-hybridized carbons (Fsp3) is 0.600. The van der Waals surface area contributed by atoms with E-state index in [0.717, 1.165) is 0 Å². The van der Waals surface area contributed by atoms with E-state index in [1.807, 2.05) is 13.8 Å². The molecule has 0 N–H and O–H groups in total. The van der Waals surface area contributed by atoms with Gasteiger partial charge in [0.05, 0.1) is 24.4 Å². The van der Waals surface area contributed by atoms with E-state index in [2.05, 4.69) is 5.10 Å². The second kappa shape index (κ2) is 4.91. The monoisotopic (exact) mass is 196 g/mol. The molecule has 0 amide bonds. The van der Waals surface area contributed by atoms with Crippen LogP contribution in [0.1, 0.15) is 30.6 Å². The fourth-order valence-electron chi connectivity index (χ4n) is 1.15. The van der Waals surface area contributed by atoms with E-state index in [-0.39, 0.29) is 11.9 Å². The Morgan fingerprint density at radius 2 is 2.43 bits per heavy atom. The summed E-state index contributed by atoms with van der Waals surface area (Å²) < 4.78 is 6.84. The highest BCUT2D eigenvalue weighted by Gasteiger charge is 2.07. The molecular formula is C10H16N2O2. The van der Waals surface area contributed by atoms with Crippen LogP contribution in [0.5, 0.6) is 0 Å². The molecule has 0 aromatic carbocycles. The highest BCUT2D eigenvalue weighted by molar-refractivity contribution is 5.95. The number of hydrogen-bond donors (Lipinski definition) is 0. The third kappa shape index (κ3) is 2.67. The molecule has 0 saturated heterocycles. The summed E-state index contributed by atoms with van der Waals surface area (Å²) in [6.45, 7) is 4.48. The SMILES string of the molecule is CCC(=O)c1cnn(CC(C)OC)c1. The number of ketones is 1. The third-order valence-corrected chi connectivity index (χ3v) is 2.12. The summed E-state index contributed by atoms with van der Waals surface area (Å²) >= 11 is 0. The summed E-state index contributed by atoms with van der Waals surface area (Å²) in [5.41, 5.74) is 0.677. The summed E-state index contributed by atoms with van der Waals surface area (Å²) in [6, 6.07) is 0. The van der Waals surface area contributed by atoms with E-state index < -0.39 is 0 Å². The minimum atomic E-state index is 0.111. The third-order valence-electron chi connectivity index (χ3n) is 2.12. The topological polar surface area (TPSA) is 44.1 Å². The minimum Gasteiger partial charge on any atom is -0.380 e. The lowest BCUT2D eigenvalue weighted by Crippen LogP contribution is -2.14. The number of rotatable bonds is 5. The molecule has 1 aromatic rings. The van der Waals surface area contributed by atoms with Crippen LogP contribution in [0.2, 0.25) is 0 Å². The fourth-order valence-corrected chi connectivity index (χ4v) is 1.15. The molecule has 0 fully saturated rings. The van der Waals surface area contributed by atoms with Gasteiger partial charge in [0.1, 0.15) is 0 Å². The number of carbonyl (C=O) groups excluding carboxylic acids is 1. The van der Waals surface area contributed by atoms with Crippen LogP contribution in [0.25, 0.3) is 0 Å². The Labute approximate surface area is 83.9 Å². The number of carbonyl (C=O) groups is 1. The van der Waals surface area contributed by atoms with Gasteiger partial charge in [0.25, 0.3) is 0 Å². The van der Waals surface area contributed by atoms with Gasteiger partial charge in [0.2, 0.25) is 0 Å². The predicted octanol–water partition coefficient (Wildman–Crippen LogP) is 1.51. The van der Waals surface area contributed by atoms with Gasteiger partial charge in [-0.25, -0.2) is 0 Å². The van der Waals surface area contributed by atoms with Crippen molar-refractivity contribution in [2.24, 2.45) is 0 Å². The highest BCUT2D eigenvalue weighted by atomic mass is 16.5. The van der Waals surface area contributed by atoms with E-state index in [9.17, 15) is 4.79 Å². The Morgan fingerprint density at radius 3 is 3.00 bits per heavy atom. The van der Waals surface area contributed by atoms with Crippen LogP contribution in [0, 0.1) is 0 Å². The smallest absolute Gasteiger partial charge is 0.165 e. The molecule has 0 aliphatic carbocycles. The second-order valence-electron chi connectivity index (χ2n) is 3.27. The Morgan fingerprint density at radius 1 is 1.71 bits per heavy atom. The first kappa shape index (κ1) is 10.9. The average molecular weight is 196 g/mol. The summed E-state index contributed by atoms with van der Waals surface area (Å²) in [4.78, 5) is 11.3. The maximum Gasteiger partial charge on any atom is 0.165 e. The lowest BCUT2D eigenvalue weighted by Gasteiger charge is -2.08. The van der Waals surface area contributed by atoms with Crippen molar-refractivity contribution >= 4 is 5.78 Å². The summed E-state index contributed by atoms with van der Waals surface area (Å²) in [7, 11) is 1.66. The van der Waals surface area contributed by atoms with Gasteiger partial charge < -0.3 is 4.74 Å². The molecule has 0 bridgehead atoms. The molecule has 1 aromatic heterocycles. The van der Waals surface area contributed by atoms with Crippen LogP contribution in [0.3, 0.4) is 0 Å². The molecular weight excluding hydrogens is 180 g/mol. The molecule has 14 heavy (non-hydrogen) atoms. The normalized spacial score (nSPS) is 12.8. The average Bonchev–Trinajstić information content (AvgIpc) is 2.65. The van der Waals surface area contributed by atoms with E-state index in [1.54, 1.807) is 24.2 Å². The van der Waals surface area contributed by atoms with E-state index in [0.29, 0.717) is 18.5 Å². The molecule has 1 heterocycles. The van der Waals surface area contributed by atoms with Gasteiger partial charge in [-0.2, -0.15) is 5.10 Å². The number of ether oxygens (including phenoxy) is 1. The van der Waals surface area contributed by atoms with Crippen molar-refractivity contribution in [2.75, 3.05) is 7.11 Å². The van der Waals surface area contributed by atoms with Crippen LogP contribution in [0.15, 0.2) is 12.4 Å². The van der Waals surface area contributed by atoms with Gasteiger partial charge in [-0.1, -0.05) is 6.92 Å². The Hall–Kier alpha value is -1.16. The van der Waals surface area contributed by atoms with Crippen molar-refractivity contribution in [3.8, 4) is 0 Å². The zero-order valence-corrected chi connectivity index (χ0v) is 8.86. The van der Waals surface area contributed by atoms with E-state index in [4.69, 9.17) is 4.74 Å². The van der Waals surface area contributed by atoms with E-state index >= 15 is 0 Å². The quantitative estimate of drug-likeness (QED) is 0.670. The maximum atomic E-state index is 11.3. The van der Waals surface area contributed by atoms with Crippen LogP contribution in [-0.2, 0) is 11.3 Å². The summed E-state index contributed by atoms with van der Waals surface area (Å²) in [6.07, 6.45) is 4.00. The number of aromatic nitrogens is 2. The number of hydrogen-bond acceptors (Lipinski definition) is 3. The zero-order valence-electron chi connectivity index (χ0n) is 8.86. The first-order valence-electron chi connectivity index (χ1n) is 4.75. The molecule has 1 atom stereocenters. The van der Waals surface area contributed by atoms with Gasteiger partial charge in [0.15, 0.2) is 5.78 Å². The van der Waals surface area contributed by atoms with Gasteiger partial charge in [-0.15, -0.1) is 0 Å². The molecule has 1 unspecified atom stereocenters. The first-order chi connectivity index (χ1) is 6.67. The summed E-state index contributed by atoms with van der Waals surface area (Å²) in [5, 5.41) is 4.09. The molecule has 78 valence electrons. The lowest BCUT2D eigenvalue weighted by molar-refractivity contribution is 0.0977. The molecule has 1 rings (SSSR count). The highest BCUT2D eigenvalue weighted by Crippen LogP contribution is 2.03. The molecule has 4 nitrogen and oxygen atoms in total. The van der Waals surface area contributed by atoms with Crippen molar-refractivity contribution in [1.29, 1.82) is 0 Å². The van der Waals surface area contributed by atoms with E-state index in [1.165, 1.54) is 0 Å². The molecule has 0 aliphatic heterocycles. The minimum absolute atomic E-state index is 0.111. The molecule has 0 radical (unpaired) electrons. The molecule has 4 heteroatoms. The molecule has 0 saturated carbocycles. The molecule has 0 spiro atoms. The molecule has 0 aliphatic rings. The van der Waals surface area contributed by atoms with Crippen LogP contribution >= 0.6 is 0 Å². The van der Waals surface area contributed by atoms with Crippen molar-refractivity contribution in [3.05, 3.63) is 18.0 Å². The van der Waals surface area contributed by atoms with Gasteiger partial charge in [-0.05, 0) is 6.92 Å². The van der Waals surface area contributed by atoms with Crippen LogP contribution in [-0.4, -0.2) is 28.8 Å². The number of Topliss-reactive ketones (excluding diaryl/α,β-unsaturated/α-hetero) is 1. The maximum absolute atomic E-state index is 11.3. The van der Waals surface area contributed by atoms with Crippen LogP contribution < -0.4 is 0 Å². The Kier molecular flexibility index (Phi) is 3.83. The Bertz CT molecular complexity index is 307. The number of nitrogens with zero attached hydrogens (tertiary/aromatic N) is 2. The Balaban J connectivity index is 2.63.